The van der Waals surface area contributed by atoms with Crippen molar-refractivity contribution >= 4 is 11.6 Å². The minimum atomic E-state index is -0.0816. The summed E-state index contributed by atoms with van der Waals surface area (Å²) in [6.07, 6.45) is 3.54. The van der Waals surface area contributed by atoms with E-state index >= 15 is 0 Å². The molecule has 0 fully saturated rings. The van der Waals surface area contributed by atoms with Crippen LogP contribution in [0.2, 0.25) is 0 Å². The lowest BCUT2D eigenvalue weighted by Crippen LogP contribution is -2.29. The second-order valence-corrected chi connectivity index (χ2v) is 4.64. The van der Waals surface area contributed by atoms with Crippen LogP contribution in [0.15, 0.2) is 24.3 Å². The molecule has 4 nitrogen and oxygen atoms in total. The summed E-state index contributed by atoms with van der Waals surface area (Å²) in [4.78, 5) is 13.2. The van der Waals surface area contributed by atoms with Crippen molar-refractivity contribution in [3.63, 3.8) is 0 Å². The van der Waals surface area contributed by atoms with Crippen LogP contribution in [-0.2, 0) is 4.79 Å². The fraction of sp³-hybridized carbons (Fsp3) is 0.500. The molecule has 0 atom stereocenters. The van der Waals surface area contributed by atoms with E-state index in [0.29, 0.717) is 6.42 Å². The highest BCUT2D eigenvalue weighted by molar-refractivity contribution is 5.75. The van der Waals surface area contributed by atoms with E-state index in [1.165, 1.54) is 11.3 Å². The summed E-state index contributed by atoms with van der Waals surface area (Å²) in [6.45, 7) is 3.10. The fourth-order valence-electron chi connectivity index (χ4n) is 1.81. The quantitative estimate of drug-likeness (QED) is 0.336. The largest absolute Gasteiger partial charge is 0.375 e. The van der Waals surface area contributed by atoms with E-state index < -0.39 is 0 Å². The highest BCUT2D eigenvalue weighted by Crippen LogP contribution is 2.14. The topological polar surface area (TPSA) is 58.4 Å². The van der Waals surface area contributed by atoms with Crippen LogP contribution in [0.3, 0.4) is 0 Å². The van der Waals surface area contributed by atoms with Crippen molar-refractivity contribution in [2.75, 3.05) is 18.5 Å². The lowest BCUT2D eigenvalue weighted by Gasteiger charge is -2.19. The molecule has 100 valence electrons. The van der Waals surface area contributed by atoms with Crippen LogP contribution in [0.4, 0.5) is 5.69 Å². The molecule has 0 aliphatic carbocycles. The molecule has 1 aromatic rings. The monoisotopic (exact) mass is 249 g/mol. The van der Waals surface area contributed by atoms with E-state index in [9.17, 15) is 4.79 Å². The number of hydrogen-bond acceptors (Lipinski definition) is 3. The van der Waals surface area contributed by atoms with Crippen molar-refractivity contribution in [1.82, 2.24) is 5.43 Å². The molecule has 1 rings (SSSR count). The number of nitrogens with zero attached hydrogens (tertiary/aromatic N) is 1. The van der Waals surface area contributed by atoms with Gasteiger partial charge in [-0.05, 0) is 31.9 Å². The molecule has 0 aromatic heterocycles. The molecular weight excluding hydrogens is 226 g/mol. The van der Waals surface area contributed by atoms with Crippen LogP contribution in [0.1, 0.15) is 31.2 Å². The molecule has 18 heavy (non-hydrogen) atoms. The van der Waals surface area contributed by atoms with E-state index in [1.807, 2.05) is 0 Å². The van der Waals surface area contributed by atoms with Gasteiger partial charge in [-0.1, -0.05) is 24.1 Å². The van der Waals surface area contributed by atoms with Gasteiger partial charge >= 0.3 is 0 Å². The van der Waals surface area contributed by atoms with Crippen molar-refractivity contribution < 1.29 is 4.79 Å². The van der Waals surface area contributed by atoms with Gasteiger partial charge in [-0.2, -0.15) is 0 Å². The van der Waals surface area contributed by atoms with E-state index in [1.54, 1.807) is 0 Å². The Balaban J connectivity index is 2.19. The molecule has 0 bridgehead atoms. The average Bonchev–Trinajstić information content (AvgIpc) is 2.38. The van der Waals surface area contributed by atoms with Gasteiger partial charge in [0, 0.05) is 25.7 Å². The van der Waals surface area contributed by atoms with Gasteiger partial charge in [0.15, 0.2) is 0 Å². The van der Waals surface area contributed by atoms with Gasteiger partial charge in [-0.15, -0.1) is 0 Å². The number of carbonyl (C=O) groups excluding carboxylic acids is 1. The summed E-state index contributed by atoms with van der Waals surface area (Å²) in [7, 11) is 2.09. The molecule has 0 radical (unpaired) electrons. The molecule has 0 aliphatic heterocycles. The number of nitrogens with one attached hydrogen (secondary N) is 1. The molecule has 0 aliphatic rings. The Hall–Kier alpha value is -1.55. The van der Waals surface area contributed by atoms with Crippen LogP contribution in [0, 0.1) is 6.92 Å². The third-order valence-corrected chi connectivity index (χ3v) is 3.03. The normalized spacial score (nSPS) is 10.2. The van der Waals surface area contributed by atoms with Crippen molar-refractivity contribution in [3.8, 4) is 0 Å². The zero-order chi connectivity index (χ0) is 13.4. The summed E-state index contributed by atoms with van der Waals surface area (Å²) in [6, 6.07) is 8.52. The van der Waals surface area contributed by atoms with Crippen molar-refractivity contribution in [2.24, 2.45) is 5.84 Å². The van der Waals surface area contributed by atoms with Gasteiger partial charge in [0.1, 0.15) is 0 Å². The number of hydrazine groups is 1. The molecule has 0 saturated heterocycles. The van der Waals surface area contributed by atoms with E-state index in [4.69, 9.17) is 5.84 Å². The maximum absolute atomic E-state index is 10.9. The Morgan fingerprint density at radius 1 is 1.22 bits per heavy atom. The van der Waals surface area contributed by atoms with Gasteiger partial charge in [0.2, 0.25) is 5.91 Å². The van der Waals surface area contributed by atoms with E-state index in [2.05, 4.69) is 48.6 Å². The Kier molecular flexibility index (Phi) is 6.22. The smallest absolute Gasteiger partial charge is 0.233 e. The molecule has 4 heteroatoms. The second kappa shape index (κ2) is 7.71. The lowest BCUT2D eigenvalue weighted by atomic mass is 10.1. The number of unbranched alkanes of at least 4 members (excludes halogenated alkanes) is 2. The highest BCUT2D eigenvalue weighted by Gasteiger charge is 2.01. The summed E-state index contributed by atoms with van der Waals surface area (Å²) in [5.74, 6) is 4.93. The zero-order valence-corrected chi connectivity index (χ0v) is 11.3. The molecule has 1 aromatic carbocycles. The van der Waals surface area contributed by atoms with E-state index in [-0.39, 0.29) is 5.91 Å². The first kappa shape index (κ1) is 14.5. The Morgan fingerprint density at radius 3 is 2.50 bits per heavy atom. The Morgan fingerprint density at radius 2 is 1.89 bits per heavy atom. The molecule has 0 heterocycles. The third kappa shape index (κ3) is 5.19. The van der Waals surface area contributed by atoms with Crippen LogP contribution >= 0.6 is 0 Å². The first-order valence-corrected chi connectivity index (χ1v) is 6.40. The Labute approximate surface area is 109 Å². The number of anilines is 1. The van der Waals surface area contributed by atoms with Crippen LogP contribution in [0.25, 0.3) is 0 Å². The molecular formula is C14H23N3O. The van der Waals surface area contributed by atoms with Crippen molar-refractivity contribution in [1.29, 1.82) is 0 Å². The van der Waals surface area contributed by atoms with Gasteiger partial charge in [-0.3, -0.25) is 10.2 Å². The van der Waals surface area contributed by atoms with Crippen LogP contribution < -0.4 is 16.2 Å². The minimum absolute atomic E-state index is 0.0816. The molecule has 3 N–H and O–H groups in total. The fourth-order valence-corrected chi connectivity index (χ4v) is 1.81. The highest BCUT2D eigenvalue weighted by atomic mass is 16.2. The summed E-state index contributed by atoms with van der Waals surface area (Å²) in [5, 5.41) is 0. The summed E-state index contributed by atoms with van der Waals surface area (Å²) >= 11 is 0. The number of benzene rings is 1. The molecule has 1 amide bonds. The van der Waals surface area contributed by atoms with Crippen molar-refractivity contribution in [3.05, 3.63) is 29.8 Å². The first-order chi connectivity index (χ1) is 8.63. The van der Waals surface area contributed by atoms with Crippen LogP contribution in [-0.4, -0.2) is 19.5 Å². The molecule has 0 saturated carbocycles. The molecule has 0 unspecified atom stereocenters. The predicted molar refractivity (Wildman–Crippen MR) is 75.2 cm³/mol. The minimum Gasteiger partial charge on any atom is -0.375 e. The number of nitrogens with two attached hydrogens (primary N) is 1. The van der Waals surface area contributed by atoms with Gasteiger partial charge in [0.05, 0.1) is 0 Å². The van der Waals surface area contributed by atoms with E-state index in [0.717, 1.165) is 25.8 Å². The van der Waals surface area contributed by atoms with Crippen molar-refractivity contribution in [2.45, 2.75) is 32.6 Å². The lowest BCUT2D eigenvalue weighted by molar-refractivity contribution is -0.121. The predicted octanol–water partition coefficient (Wildman–Crippen LogP) is 1.98. The van der Waals surface area contributed by atoms with Gasteiger partial charge in [0.25, 0.3) is 0 Å². The van der Waals surface area contributed by atoms with Gasteiger partial charge in [-0.25, -0.2) is 5.84 Å². The summed E-state index contributed by atoms with van der Waals surface area (Å²) < 4.78 is 0. The number of aryl methyl sites for hydroxylation is 1. The summed E-state index contributed by atoms with van der Waals surface area (Å²) in [5.41, 5.74) is 4.66. The maximum atomic E-state index is 10.9. The number of carbonyl (C=O) groups is 1. The molecule has 0 spiro atoms. The van der Waals surface area contributed by atoms with Gasteiger partial charge < -0.3 is 4.90 Å². The Bertz CT molecular complexity index is 362. The second-order valence-electron chi connectivity index (χ2n) is 4.64. The standard InChI is InChI=1S/C14H23N3O/c1-12-7-9-13(10-8-12)17(2)11-5-3-4-6-14(18)16-15/h7-10H,3-6,11,15H2,1-2H3,(H,16,18). The maximum Gasteiger partial charge on any atom is 0.233 e. The number of rotatable bonds is 7. The number of hydrogen-bond donors (Lipinski definition) is 2. The SMILES string of the molecule is Cc1ccc(N(C)CCCCCC(=O)NN)cc1. The first-order valence-electron chi connectivity index (χ1n) is 6.40. The zero-order valence-electron chi connectivity index (χ0n) is 11.3. The number of amides is 1. The third-order valence-electron chi connectivity index (χ3n) is 3.03. The van der Waals surface area contributed by atoms with Crippen LogP contribution in [0.5, 0.6) is 0 Å². The average molecular weight is 249 g/mol.